The van der Waals surface area contributed by atoms with Gasteiger partial charge in [0, 0.05) is 43.1 Å². The topological polar surface area (TPSA) is 58.3 Å². The molecule has 1 unspecified atom stereocenters. The van der Waals surface area contributed by atoms with E-state index in [0.29, 0.717) is 12.6 Å². The molecule has 0 amide bonds. The third-order valence-electron chi connectivity index (χ3n) is 3.46. The van der Waals surface area contributed by atoms with Crippen LogP contribution in [0.3, 0.4) is 0 Å². The van der Waals surface area contributed by atoms with Crippen molar-refractivity contribution in [2.45, 2.75) is 25.9 Å². The van der Waals surface area contributed by atoms with Crippen molar-refractivity contribution in [3.05, 3.63) is 17.5 Å². The smallest absolute Gasteiger partial charge is 0.225 e. The molecule has 1 aromatic heterocycles. The average molecular weight is 235 g/mol. The Labute approximate surface area is 103 Å². The molecule has 0 bridgehead atoms. The molecular formula is C12H21N5. The summed E-state index contributed by atoms with van der Waals surface area (Å²) in [5.74, 6) is 0.837. The number of likely N-dealkylation sites (N-methyl/N-ethyl adjacent to an activating group) is 1. The Morgan fingerprint density at radius 2 is 2.29 bits per heavy atom. The van der Waals surface area contributed by atoms with Crippen molar-refractivity contribution in [2.24, 2.45) is 5.73 Å². The van der Waals surface area contributed by atoms with Gasteiger partial charge in [-0.15, -0.1) is 0 Å². The molecule has 1 fully saturated rings. The molecule has 0 aromatic carbocycles. The minimum Gasteiger partial charge on any atom is -0.339 e. The molecule has 17 heavy (non-hydrogen) atoms. The van der Waals surface area contributed by atoms with Crippen LogP contribution in [0.25, 0.3) is 0 Å². The van der Waals surface area contributed by atoms with Crippen LogP contribution in [0.15, 0.2) is 6.20 Å². The van der Waals surface area contributed by atoms with Gasteiger partial charge in [0.2, 0.25) is 5.95 Å². The Morgan fingerprint density at radius 1 is 1.53 bits per heavy atom. The lowest BCUT2D eigenvalue weighted by Gasteiger charge is -2.20. The van der Waals surface area contributed by atoms with Gasteiger partial charge < -0.3 is 15.5 Å². The summed E-state index contributed by atoms with van der Waals surface area (Å²) in [7, 11) is 4.25. The number of aryl methyl sites for hydroxylation is 1. The van der Waals surface area contributed by atoms with Crippen molar-refractivity contribution >= 4 is 5.95 Å². The highest BCUT2D eigenvalue weighted by molar-refractivity contribution is 5.34. The lowest BCUT2D eigenvalue weighted by atomic mass is 10.2. The number of aromatic nitrogens is 2. The molecule has 2 heterocycles. The summed E-state index contributed by atoms with van der Waals surface area (Å²) < 4.78 is 0. The second kappa shape index (κ2) is 4.98. The van der Waals surface area contributed by atoms with Gasteiger partial charge in [-0.05, 0) is 27.4 Å². The molecule has 5 nitrogen and oxygen atoms in total. The molecular weight excluding hydrogens is 214 g/mol. The molecule has 0 radical (unpaired) electrons. The summed E-state index contributed by atoms with van der Waals surface area (Å²) in [6, 6.07) is 0.605. The average Bonchev–Trinajstić information content (AvgIpc) is 2.78. The van der Waals surface area contributed by atoms with Crippen LogP contribution < -0.4 is 10.6 Å². The Hall–Kier alpha value is -1.20. The van der Waals surface area contributed by atoms with Crippen molar-refractivity contribution in [2.75, 3.05) is 32.1 Å². The van der Waals surface area contributed by atoms with E-state index in [9.17, 15) is 0 Å². The monoisotopic (exact) mass is 235 g/mol. The molecule has 1 saturated heterocycles. The van der Waals surface area contributed by atoms with Crippen LogP contribution in [0.2, 0.25) is 0 Å². The van der Waals surface area contributed by atoms with Gasteiger partial charge in [0.15, 0.2) is 0 Å². The van der Waals surface area contributed by atoms with Crippen LogP contribution in [0.1, 0.15) is 17.7 Å². The van der Waals surface area contributed by atoms with Crippen LogP contribution in [0, 0.1) is 6.92 Å². The fourth-order valence-electron chi connectivity index (χ4n) is 2.18. The minimum absolute atomic E-state index is 0.506. The van der Waals surface area contributed by atoms with Gasteiger partial charge in [0.05, 0.1) is 0 Å². The summed E-state index contributed by atoms with van der Waals surface area (Å²) in [6.45, 7) is 4.54. The first-order chi connectivity index (χ1) is 8.11. The van der Waals surface area contributed by atoms with Crippen LogP contribution in [-0.2, 0) is 6.54 Å². The summed E-state index contributed by atoms with van der Waals surface area (Å²) >= 11 is 0. The Kier molecular flexibility index (Phi) is 3.59. The third-order valence-corrected chi connectivity index (χ3v) is 3.46. The molecule has 94 valence electrons. The fraction of sp³-hybridized carbons (Fsp3) is 0.667. The summed E-state index contributed by atoms with van der Waals surface area (Å²) in [6.07, 6.45) is 3.02. The van der Waals surface area contributed by atoms with Gasteiger partial charge in [-0.1, -0.05) is 0 Å². The predicted molar refractivity (Wildman–Crippen MR) is 69.0 cm³/mol. The van der Waals surface area contributed by atoms with Crippen LogP contribution in [0.4, 0.5) is 5.95 Å². The van der Waals surface area contributed by atoms with Gasteiger partial charge in [-0.25, -0.2) is 9.97 Å². The van der Waals surface area contributed by atoms with Crippen LogP contribution in [0.5, 0.6) is 0 Å². The number of hydrogen-bond donors (Lipinski definition) is 1. The van der Waals surface area contributed by atoms with Crippen molar-refractivity contribution in [1.29, 1.82) is 0 Å². The van der Waals surface area contributed by atoms with Gasteiger partial charge in [-0.3, -0.25) is 0 Å². The number of rotatable bonds is 3. The van der Waals surface area contributed by atoms with E-state index in [4.69, 9.17) is 5.73 Å². The van der Waals surface area contributed by atoms with E-state index in [2.05, 4.69) is 33.9 Å². The van der Waals surface area contributed by atoms with E-state index >= 15 is 0 Å². The van der Waals surface area contributed by atoms with E-state index in [1.165, 1.54) is 6.42 Å². The lowest BCUT2D eigenvalue weighted by Crippen LogP contribution is -2.32. The van der Waals surface area contributed by atoms with Gasteiger partial charge >= 0.3 is 0 Å². The maximum absolute atomic E-state index is 5.62. The summed E-state index contributed by atoms with van der Waals surface area (Å²) in [4.78, 5) is 13.5. The molecule has 5 heteroatoms. The highest BCUT2D eigenvalue weighted by atomic mass is 15.3. The minimum atomic E-state index is 0.506. The molecule has 0 spiro atoms. The highest BCUT2D eigenvalue weighted by Gasteiger charge is 2.25. The zero-order chi connectivity index (χ0) is 12.4. The molecule has 1 aliphatic heterocycles. The molecule has 1 aromatic rings. The Balaban J connectivity index is 2.11. The van der Waals surface area contributed by atoms with Gasteiger partial charge in [0.25, 0.3) is 0 Å². The quantitative estimate of drug-likeness (QED) is 0.821. The zero-order valence-corrected chi connectivity index (χ0v) is 10.8. The molecule has 0 aliphatic carbocycles. The number of hydrogen-bond acceptors (Lipinski definition) is 5. The van der Waals surface area contributed by atoms with E-state index < -0.39 is 0 Å². The normalized spacial score (nSPS) is 20.3. The van der Waals surface area contributed by atoms with E-state index in [1.54, 1.807) is 0 Å². The van der Waals surface area contributed by atoms with Gasteiger partial charge in [-0.2, -0.15) is 0 Å². The maximum atomic E-state index is 5.62. The number of nitrogens with zero attached hydrogens (tertiary/aromatic N) is 4. The summed E-state index contributed by atoms with van der Waals surface area (Å²) in [5, 5.41) is 0. The number of nitrogens with two attached hydrogens (primary N) is 1. The second-order valence-electron chi connectivity index (χ2n) is 4.84. The third kappa shape index (κ3) is 2.56. The van der Waals surface area contributed by atoms with E-state index in [1.807, 2.05) is 13.1 Å². The molecule has 1 aliphatic rings. The molecule has 2 rings (SSSR count). The standard InChI is InChI=1S/C12H21N5/c1-9-10(6-13)7-14-12(15-9)17-5-4-11(8-17)16(2)3/h7,11H,4-6,8,13H2,1-3H3. The maximum Gasteiger partial charge on any atom is 0.225 e. The van der Waals surface area contributed by atoms with Gasteiger partial charge in [0.1, 0.15) is 0 Å². The van der Waals surface area contributed by atoms with Crippen LogP contribution >= 0.6 is 0 Å². The number of anilines is 1. The Bertz CT molecular complexity index is 390. The molecule has 0 saturated carbocycles. The van der Waals surface area contributed by atoms with Crippen molar-refractivity contribution < 1.29 is 0 Å². The lowest BCUT2D eigenvalue weighted by molar-refractivity contribution is 0.315. The van der Waals surface area contributed by atoms with Crippen molar-refractivity contribution in [1.82, 2.24) is 14.9 Å². The fourth-order valence-corrected chi connectivity index (χ4v) is 2.18. The molecule has 1 atom stereocenters. The predicted octanol–water partition coefficient (Wildman–Crippen LogP) is 0.384. The molecule has 2 N–H and O–H groups in total. The van der Waals surface area contributed by atoms with Crippen molar-refractivity contribution in [3.63, 3.8) is 0 Å². The largest absolute Gasteiger partial charge is 0.339 e. The first-order valence-corrected chi connectivity index (χ1v) is 6.05. The highest BCUT2D eigenvalue weighted by Crippen LogP contribution is 2.19. The second-order valence-corrected chi connectivity index (χ2v) is 4.84. The van der Waals surface area contributed by atoms with Crippen LogP contribution in [-0.4, -0.2) is 48.1 Å². The van der Waals surface area contributed by atoms with E-state index in [-0.39, 0.29) is 0 Å². The first kappa shape index (κ1) is 12.3. The van der Waals surface area contributed by atoms with E-state index in [0.717, 1.165) is 30.3 Å². The van der Waals surface area contributed by atoms with Crippen molar-refractivity contribution in [3.8, 4) is 0 Å². The first-order valence-electron chi connectivity index (χ1n) is 6.05. The summed E-state index contributed by atoms with van der Waals surface area (Å²) in [5.41, 5.74) is 7.63. The zero-order valence-electron chi connectivity index (χ0n) is 10.8. The SMILES string of the molecule is Cc1nc(N2CCC(N(C)C)C2)ncc1CN. The Morgan fingerprint density at radius 3 is 2.82 bits per heavy atom.